The number of carbonyl (C=O) groups excluding carboxylic acids is 1. The lowest BCUT2D eigenvalue weighted by molar-refractivity contribution is 0.251. The van der Waals surface area contributed by atoms with E-state index < -0.39 is 0 Å². The molecule has 0 aliphatic rings. The van der Waals surface area contributed by atoms with Crippen LogP contribution in [0.2, 0.25) is 10.0 Å². The van der Waals surface area contributed by atoms with Gasteiger partial charge in [0.2, 0.25) is 0 Å². The Hall–Kier alpha value is -1.71. The average molecular weight is 295 g/mol. The van der Waals surface area contributed by atoms with Crippen LogP contribution in [0.15, 0.2) is 48.5 Å². The number of anilines is 1. The summed E-state index contributed by atoms with van der Waals surface area (Å²) in [4.78, 5) is 11.7. The molecule has 2 rings (SSSR count). The lowest BCUT2D eigenvalue weighted by Crippen LogP contribution is -2.28. The van der Waals surface area contributed by atoms with Crippen LogP contribution in [0.25, 0.3) is 0 Å². The van der Waals surface area contributed by atoms with Crippen LogP contribution in [0, 0.1) is 0 Å². The molecule has 0 aromatic heterocycles. The van der Waals surface area contributed by atoms with Gasteiger partial charge in [0.05, 0.1) is 0 Å². The lowest BCUT2D eigenvalue weighted by Gasteiger charge is -2.07. The summed E-state index contributed by atoms with van der Waals surface area (Å²) in [5.41, 5.74) is 1.67. The average Bonchev–Trinajstić information content (AvgIpc) is 2.41. The molecular weight excluding hydrogens is 283 g/mol. The van der Waals surface area contributed by atoms with Crippen molar-refractivity contribution in [2.45, 2.75) is 6.54 Å². The molecule has 2 amide bonds. The van der Waals surface area contributed by atoms with Crippen molar-refractivity contribution in [3.05, 3.63) is 64.1 Å². The Bertz CT molecular complexity index is 553. The smallest absolute Gasteiger partial charge is 0.319 e. The van der Waals surface area contributed by atoms with Crippen molar-refractivity contribution in [1.29, 1.82) is 0 Å². The number of hydrogen-bond donors (Lipinski definition) is 2. The number of benzene rings is 2. The van der Waals surface area contributed by atoms with E-state index in [-0.39, 0.29) is 6.03 Å². The summed E-state index contributed by atoms with van der Waals surface area (Å²) >= 11 is 11.5. The highest BCUT2D eigenvalue weighted by Crippen LogP contribution is 2.13. The highest BCUT2D eigenvalue weighted by molar-refractivity contribution is 6.30. The predicted octanol–water partition coefficient (Wildman–Crippen LogP) is 4.32. The van der Waals surface area contributed by atoms with Gasteiger partial charge in [-0.25, -0.2) is 4.79 Å². The van der Waals surface area contributed by atoms with Crippen molar-refractivity contribution in [3.63, 3.8) is 0 Å². The van der Waals surface area contributed by atoms with Crippen LogP contribution in [0.3, 0.4) is 0 Å². The van der Waals surface area contributed by atoms with Gasteiger partial charge in [-0.3, -0.25) is 0 Å². The first-order chi connectivity index (χ1) is 9.13. The largest absolute Gasteiger partial charge is 0.334 e. The Labute approximate surface area is 121 Å². The maximum atomic E-state index is 11.7. The minimum Gasteiger partial charge on any atom is -0.334 e. The fourth-order valence-corrected chi connectivity index (χ4v) is 1.75. The Kier molecular flexibility index (Phi) is 4.66. The van der Waals surface area contributed by atoms with E-state index in [1.807, 2.05) is 12.1 Å². The molecule has 0 heterocycles. The van der Waals surface area contributed by atoms with Crippen LogP contribution >= 0.6 is 23.2 Å². The first-order valence-electron chi connectivity index (χ1n) is 5.68. The molecule has 0 spiro atoms. The number of amides is 2. The summed E-state index contributed by atoms with van der Waals surface area (Å²) in [5, 5.41) is 6.78. The van der Waals surface area contributed by atoms with Crippen molar-refractivity contribution in [1.82, 2.24) is 5.32 Å². The molecule has 0 bridgehead atoms. The summed E-state index contributed by atoms with van der Waals surface area (Å²) in [5.74, 6) is 0. The monoisotopic (exact) mass is 294 g/mol. The van der Waals surface area contributed by atoms with Crippen LogP contribution in [0.1, 0.15) is 5.56 Å². The van der Waals surface area contributed by atoms with Crippen LogP contribution in [-0.2, 0) is 6.54 Å². The molecule has 2 aromatic carbocycles. The molecule has 0 aliphatic carbocycles. The Morgan fingerprint density at radius 3 is 2.00 bits per heavy atom. The van der Waals surface area contributed by atoms with E-state index in [4.69, 9.17) is 23.2 Å². The maximum Gasteiger partial charge on any atom is 0.319 e. The topological polar surface area (TPSA) is 41.1 Å². The van der Waals surface area contributed by atoms with Gasteiger partial charge in [-0.15, -0.1) is 0 Å². The summed E-state index contributed by atoms with van der Waals surface area (Å²) in [6.07, 6.45) is 0. The first-order valence-corrected chi connectivity index (χ1v) is 6.44. The molecule has 19 heavy (non-hydrogen) atoms. The first kappa shape index (κ1) is 13.7. The molecule has 3 nitrogen and oxygen atoms in total. The summed E-state index contributed by atoms with van der Waals surface area (Å²) in [7, 11) is 0. The Morgan fingerprint density at radius 1 is 0.895 bits per heavy atom. The zero-order chi connectivity index (χ0) is 13.7. The van der Waals surface area contributed by atoms with Gasteiger partial charge in [-0.2, -0.15) is 0 Å². The Morgan fingerprint density at radius 2 is 1.42 bits per heavy atom. The normalized spacial score (nSPS) is 10.0. The molecular formula is C14H12Cl2N2O. The Balaban J connectivity index is 1.84. The van der Waals surface area contributed by atoms with Crippen molar-refractivity contribution in [2.75, 3.05) is 5.32 Å². The zero-order valence-electron chi connectivity index (χ0n) is 9.99. The fraction of sp³-hybridized carbons (Fsp3) is 0.0714. The molecule has 0 aliphatic heterocycles. The molecule has 2 N–H and O–H groups in total. The molecule has 0 atom stereocenters. The van der Waals surface area contributed by atoms with E-state index in [9.17, 15) is 4.79 Å². The lowest BCUT2D eigenvalue weighted by atomic mass is 10.2. The number of rotatable bonds is 3. The second-order valence-corrected chi connectivity index (χ2v) is 4.81. The van der Waals surface area contributed by atoms with Crippen molar-refractivity contribution in [3.8, 4) is 0 Å². The van der Waals surface area contributed by atoms with E-state index in [1.165, 1.54) is 0 Å². The quantitative estimate of drug-likeness (QED) is 0.870. The van der Waals surface area contributed by atoms with Gasteiger partial charge in [-0.1, -0.05) is 35.3 Å². The second kappa shape index (κ2) is 6.45. The zero-order valence-corrected chi connectivity index (χ0v) is 11.5. The molecule has 2 aromatic rings. The maximum absolute atomic E-state index is 11.7. The minimum atomic E-state index is -0.266. The summed E-state index contributed by atoms with van der Waals surface area (Å²) < 4.78 is 0. The van der Waals surface area contributed by atoms with Gasteiger partial charge < -0.3 is 10.6 Å². The van der Waals surface area contributed by atoms with E-state index in [0.29, 0.717) is 22.3 Å². The SMILES string of the molecule is O=C(NCc1ccc(Cl)cc1)Nc1ccc(Cl)cc1. The third-order valence-electron chi connectivity index (χ3n) is 2.47. The van der Waals surface area contributed by atoms with E-state index >= 15 is 0 Å². The van der Waals surface area contributed by atoms with Gasteiger partial charge in [0.1, 0.15) is 0 Å². The number of hydrogen-bond acceptors (Lipinski definition) is 1. The van der Waals surface area contributed by atoms with E-state index in [0.717, 1.165) is 5.56 Å². The van der Waals surface area contributed by atoms with Crippen molar-refractivity contribution >= 4 is 34.9 Å². The van der Waals surface area contributed by atoms with Gasteiger partial charge in [-0.05, 0) is 42.0 Å². The molecule has 0 unspecified atom stereocenters. The third kappa shape index (κ3) is 4.47. The minimum absolute atomic E-state index is 0.266. The van der Waals surface area contributed by atoms with Crippen LogP contribution in [0.4, 0.5) is 10.5 Å². The molecule has 98 valence electrons. The van der Waals surface area contributed by atoms with Crippen molar-refractivity contribution in [2.24, 2.45) is 0 Å². The predicted molar refractivity (Wildman–Crippen MR) is 78.8 cm³/mol. The number of halogens is 2. The second-order valence-electron chi connectivity index (χ2n) is 3.94. The third-order valence-corrected chi connectivity index (χ3v) is 2.97. The van der Waals surface area contributed by atoms with Crippen LogP contribution in [0.5, 0.6) is 0 Å². The standard InChI is InChI=1S/C14H12Cl2N2O/c15-11-3-1-10(2-4-11)9-17-14(19)18-13-7-5-12(16)6-8-13/h1-8H,9H2,(H2,17,18,19). The van der Waals surface area contributed by atoms with E-state index in [2.05, 4.69) is 10.6 Å². The molecule has 0 fully saturated rings. The fourth-order valence-electron chi connectivity index (χ4n) is 1.49. The molecule has 0 saturated carbocycles. The van der Waals surface area contributed by atoms with Gasteiger partial charge >= 0.3 is 6.03 Å². The summed E-state index contributed by atoms with van der Waals surface area (Å²) in [6, 6.07) is 14.0. The molecule has 5 heteroatoms. The van der Waals surface area contributed by atoms with Gasteiger partial charge in [0, 0.05) is 22.3 Å². The molecule has 0 saturated heterocycles. The summed E-state index contributed by atoms with van der Waals surface area (Å²) in [6.45, 7) is 0.441. The highest BCUT2D eigenvalue weighted by atomic mass is 35.5. The highest BCUT2D eigenvalue weighted by Gasteiger charge is 2.01. The van der Waals surface area contributed by atoms with Gasteiger partial charge in [0.25, 0.3) is 0 Å². The van der Waals surface area contributed by atoms with Gasteiger partial charge in [0.15, 0.2) is 0 Å². The number of urea groups is 1. The van der Waals surface area contributed by atoms with Crippen molar-refractivity contribution < 1.29 is 4.79 Å². The van der Waals surface area contributed by atoms with Crippen LogP contribution < -0.4 is 10.6 Å². The van der Waals surface area contributed by atoms with E-state index in [1.54, 1.807) is 36.4 Å². The van der Waals surface area contributed by atoms with Crippen LogP contribution in [-0.4, -0.2) is 6.03 Å². The molecule has 0 radical (unpaired) electrons. The number of carbonyl (C=O) groups is 1. The number of nitrogens with one attached hydrogen (secondary N) is 2.